The molecule has 1 fully saturated rings. The molecule has 0 saturated carbocycles. The summed E-state index contributed by atoms with van der Waals surface area (Å²) < 4.78 is 9.28. The molecular weight excluding hydrogens is 346 g/mol. The highest BCUT2D eigenvalue weighted by atomic mass is 32.1. The average molecular weight is 361 g/mol. The standard InChI is InChI=1S/C15H15N5O2S2/c1-2-4-10-12(24-19-17-10)15(21)20-7-9(8-20)14-16-13(18-22-14)11-5-3-6-23-11/h3,5-6,9H,2,4,7-8H2,1H3. The fraction of sp³-hybridized carbons (Fsp3) is 0.400. The number of nitrogens with zero attached hydrogens (tertiary/aromatic N) is 5. The Balaban J connectivity index is 1.41. The first-order valence-corrected chi connectivity index (χ1v) is 9.39. The number of thiophene rings is 1. The van der Waals surface area contributed by atoms with Gasteiger partial charge in [0.2, 0.25) is 11.7 Å². The first-order valence-electron chi connectivity index (χ1n) is 7.74. The molecule has 9 heteroatoms. The first kappa shape index (κ1) is 15.4. The van der Waals surface area contributed by atoms with E-state index in [1.807, 2.05) is 17.5 Å². The Morgan fingerprint density at radius 2 is 2.33 bits per heavy atom. The third-order valence-electron chi connectivity index (χ3n) is 3.94. The predicted octanol–water partition coefficient (Wildman–Crippen LogP) is 2.84. The van der Waals surface area contributed by atoms with Gasteiger partial charge < -0.3 is 9.42 Å². The quantitative estimate of drug-likeness (QED) is 0.695. The van der Waals surface area contributed by atoms with Crippen LogP contribution in [-0.2, 0) is 6.42 Å². The van der Waals surface area contributed by atoms with E-state index in [0.29, 0.717) is 29.7 Å². The molecule has 4 heterocycles. The topological polar surface area (TPSA) is 85.0 Å². The van der Waals surface area contributed by atoms with E-state index in [-0.39, 0.29) is 11.8 Å². The fourth-order valence-electron chi connectivity index (χ4n) is 2.62. The SMILES string of the molecule is CCCc1nnsc1C(=O)N1CC(c2nc(-c3cccs3)no2)C1. The van der Waals surface area contributed by atoms with Crippen molar-refractivity contribution in [2.45, 2.75) is 25.7 Å². The first-order chi connectivity index (χ1) is 11.8. The van der Waals surface area contributed by atoms with Gasteiger partial charge in [-0.25, -0.2) is 0 Å². The van der Waals surface area contributed by atoms with Crippen molar-refractivity contribution in [2.75, 3.05) is 13.1 Å². The Labute approximate surface area is 146 Å². The number of aryl methyl sites for hydroxylation is 1. The van der Waals surface area contributed by atoms with Crippen molar-refractivity contribution < 1.29 is 9.32 Å². The minimum Gasteiger partial charge on any atom is -0.339 e. The van der Waals surface area contributed by atoms with Gasteiger partial charge in [0.1, 0.15) is 4.88 Å². The van der Waals surface area contributed by atoms with Crippen molar-refractivity contribution >= 4 is 28.8 Å². The monoisotopic (exact) mass is 361 g/mol. The summed E-state index contributed by atoms with van der Waals surface area (Å²) in [5.41, 5.74) is 0.800. The molecule has 1 amide bonds. The zero-order valence-corrected chi connectivity index (χ0v) is 14.6. The van der Waals surface area contributed by atoms with Gasteiger partial charge in [0, 0.05) is 13.1 Å². The third-order valence-corrected chi connectivity index (χ3v) is 5.56. The van der Waals surface area contributed by atoms with Crippen molar-refractivity contribution in [1.29, 1.82) is 0 Å². The van der Waals surface area contributed by atoms with E-state index in [1.165, 1.54) is 11.5 Å². The molecule has 0 aromatic carbocycles. The molecule has 0 radical (unpaired) electrons. The molecule has 24 heavy (non-hydrogen) atoms. The van der Waals surface area contributed by atoms with Crippen LogP contribution < -0.4 is 0 Å². The lowest BCUT2D eigenvalue weighted by Crippen LogP contribution is -2.48. The number of aromatic nitrogens is 4. The zero-order chi connectivity index (χ0) is 16.5. The Bertz CT molecular complexity index is 836. The average Bonchev–Trinajstić information content (AvgIpc) is 3.27. The molecule has 124 valence electrons. The molecule has 3 aromatic rings. The largest absolute Gasteiger partial charge is 0.339 e. The second-order valence-corrected chi connectivity index (χ2v) is 7.34. The zero-order valence-electron chi connectivity index (χ0n) is 13.0. The van der Waals surface area contributed by atoms with Crippen LogP contribution in [0.3, 0.4) is 0 Å². The molecule has 1 aliphatic rings. The van der Waals surface area contributed by atoms with Crippen LogP contribution >= 0.6 is 22.9 Å². The van der Waals surface area contributed by atoms with E-state index in [0.717, 1.165) is 23.4 Å². The van der Waals surface area contributed by atoms with Crippen molar-refractivity contribution in [1.82, 2.24) is 24.6 Å². The lowest BCUT2D eigenvalue weighted by atomic mass is 9.99. The van der Waals surface area contributed by atoms with E-state index in [2.05, 4.69) is 26.7 Å². The molecule has 0 bridgehead atoms. The van der Waals surface area contributed by atoms with Gasteiger partial charge in [-0.3, -0.25) is 4.79 Å². The van der Waals surface area contributed by atoms with Crippen LogP contribution in [0.2, 0.25) is 0 Å². The maximum Gasteiger partial charge on any atom is 0.267 e. The summed E-state index contributed by atoms with van der Waals surface area (Å²) in [7, 11) is 0. The molecule has 0 spiro atoms. The van der Waals surface area contributed by atoms with E-state index in [9.17, 15) is 4.79 Å². The van der Waals surface area contributed by atoms with Crippen LogP contribution in [0.15, 0.2) is 22.0 Å². The smallest absolute Gasteiger partial charge is 0.267 e. The van der Waals surface area contributed by atoms with Crippen LogP contribution in [0.1, 0.15) is 40.5 Å². The molecule has 0 atom stereocenters. The molecular formula is C15H15N5O2S2. The Morgan fingerprint density at radius 3 is 3.08 bits per heavy atom. The maximum atomic E-state index is 12.5. The van der Waals surface area contributed by atoms with Crippen LogP contribution in [-0.4, -0.2) is 43.6 Å². The summed E-state index contributed by atoms with van der Waals surface area (Å²) in [6.07, 6.45) is 1.73. The molecule has 1 saturated heterocycles. The molecule has 0 unspecified atom stereocenters. The predicted molar refractivity (Wildman–Crippen MR) is 90.2 cm³/mol. The van der Waals surface area contributed by atoms with Crippen LogP contribution in [0.25, 0.3) is 10.7 Å². The number of likely N-dealkylation sites (tertiary alicyclic amines) is 1. The van der Waals surface area contributed by atoms with Crippen molar-refractivity contribution in [2.24, 2.45) is 0 Å². The molecule has 3 aromatic heterocycles. The second kappa shape index (κ2) is 6.40. The lowest BCUT2D eigenvalue weighted by molar-refractivity contribution is 0.0573. The highest BCUT2D eigenvalue weighted by Gasteiger charge is 2.37. The molecule has 7 nitrogen and oxygen atoms in total. The summed E-state index contributed by atoms with van der Waals surface area (Å²) in [5.74, 6) is 1.31. The van der Waals surface area contributed by atoms with E-state index in [1.54, 1.807) is 16.2 Å². The number of hydrogen-bond acceptors (Lipinski definition) is 8. The Hall–Kier alpha value is -2.13. The minimum atomic E-state index is 0.00250. The second-order valence-electron chi connectivity index (χ2n) is 5.64. The van der Waals surface area contributed by atoms with Crippen molar-refractivity contribution in [3.8, 4) is 10.7 Å². The fourth-order valence-corrected chi connectivity index (χ4v) is 3.95. The summed E-state index contributed by atoms with van der Waals surface area (Å²) in [5, 5.41) is 10.1. The summed E-state index contributed by atoms with van der Waals surface area (Å²) >= 11 is 2.75. The summed E-state index contributed by atoms with van der Waals surface area (Å²) in [4.78, 5) is 20.4. The minimum absolute atomic E-state index is 0.00250. The van der Waals surface area contributed by atoms with Crippen LogP contribution in [0.4, 0.5) is 0 Å². The van der Waals surface area contributed by atoms with E-state index < -0.39 is 0 Å². The number of hydrogen-bond donors (Lipinski definition) is 0. The van der Waals surface area contributed by atoms with Crippen LogP contribution in [0.5, 0.6) is 0 Å². The van der Waals surface area contributed by atoms with Crippen molar-refractivity contribution in [3.63, 3.8) is 0 Å². The van der Waals surface area contributed by atoms with Gasteiger partial charge in [0.25, 0.3) is 5.91 Å². The molecule has 0 aliphatic carbocycles. The molecule has 4 rings (SSSR count). The number of carbonyl (C=O) groups excluding carboxylic acids is 1. The van der Waals surface area contributed by atoms with E-state index in [4.69, 9.17) is 4.52 Å². The number of amides is 1. The summed E-state index contributed by atoms with van der Waals surface area (Å²) in [6.45, 7) is 3.25. The highest BCUT2D eigenvalue weighted by Crippen LogP contribution is 2.30. The van der Waals surface area contributed by atoms with Gasteiger partial charge in [-0.15, -0.1) is 16.4 Å². The number of rotatable bonds is 5. The molecule has 1 aliphatic heterocycles. The van der Waals surface area contributed by atoms with E-state index >= 15 is 0 Å². The number of carbonyl (C=O) groups is 1. The molecule has 0 N–H and O–H groups in total. The third kappa shape index (κ3) is 2.73. The van der Waals surface area contributed by atoms with Gasteiger partial charge in [-0.05, 0) is 29.4 Å². The maximum absolute atomic E-state index is 12.5. The van der Waals surface area contributed by atoms with Crippen molar-refractivity contribution in [3.05, 3.63) is 34.0 Å². The van der Waals surface area contributed by atoms with Gasteiger partial charge in [0.15, 0.2) is 0 Å². The Morgan fingerprint density at radius 1 is 1.46 bits per heavy atom. The Kier molecular flexibility index (Phi) is 4.11. The van der Waals surface area contributed by atoms with Gasteiger partial charge in [0.05, 0.1) is 16.5 Å². The van der Waals surface area contributed by atoms with Gasteiger partial charge >= 0.3 is 0 Å². The van der Waals surface area contributed by atoms with Crippen LogP contribution in [0, 0.1) is 0 Å². The van der Waals surface area contributed by atoms with Gasteiger partial charge in [-0.2, -0.15) is 4.98 Å². The normalized spacial score (nSPS) is 14.8. The highest BCUT2D eigenvalue weighted by molar-refractivity contribution is 7.13. The van der Waals surface area contributed by atoms with Gasteiger partial charge in [-0.1, -0.05) is 29.1 Å². The lowest BCUT2D eigenvalue weighted by Gasteiger charge is -2.36. The summed E-state index contributed by atoms with van der Waals surface area (Å²) in [6, 6.07) is 3.92.